The van der Waals surface area contributed by atoms with Crippen LogP contribution in [-0.2, 0) is 4.79 Å². The summed E-state index contributed by atoms with van der Waals surface area (Å²) in [5.41, 5.74) is 5.41. The van der Waals surface area contributed by atoms with E-state index in [9.17, 15) is 4.79 Å². The third kappa shape index (κ3) is 1.10. The second kappa shape index (κ2) is 2.52. The van der Waals surface area contributed by atoms with Gasteiger partial charge in [-0.25, -0.2) is 4.99 Å². The van der Waals surface area contributed by atoms with Crippen molar-refractivity contribution in [3.63, 3.8) is 0 Å². The Morgan fingerprint density at radius 3 is 3.25 bits per heavy atom. The number of nitrogens with one attached hydrogen (secondary N) is 1. The number of allylic oxidation sites excluding steroid dienone is 1. The van der Waals surface area contributed by atoms with Crippen LogP contribution in [-0.4, -0.2) is 17.2 Å². The van der Waals surface area contributed by atoms with Gasteiger partial charge in [0.25, 0.3) is 0 Å². The van der Waals surface area contributed by atoms with Gasteiger partial charge in [-0.1, -0.05) is 6.08 Å². The van der Waals surface area contributed by atoms with Gasteiger partial charge < -0.3 is 5.73 Å². The molecule has 0 aromatic rings. The van der Waals surface area contributed by atoms with Crippen LogP contribution in [0.1, 0.15) is 6.92 Å². The van der Waals surface area contributed by atoms with Crippen molar-refractivity contribution in [2.24, 2.45) is 16.6 Å². The summed E-state index contributed by atoms with van der Waals surface area (Å²) in [4.78, 5) is 16.6. The molecule has 5 heteroatoms. The fourth-order valence-electron chi connectivity index (χ4n) is 1.33. The first-order valence-electron chi connectivity index (χ1n) is 3.66. The topological polar surface area (TPSA) is 67.5 Å². The Morgan fingerprint density at radius 1 is 1.75 bits per heavy atom. The molecule has 3 N–H and O–H groups in total. The van der Waals surface area contributed by atoms with Gasteiger partial charge in [0, 0.05) is 0 Å². The van der Waals surface area contributed by atoms with Crippen molar-refractivity contribution in [3.8, 4) is 0 Å². The lowest BCUT2D eigenvalue weighted by molar-refractivity contribution is -0.122. The Hall–Kier alpha value is -0.970. The normalized spacial score (nSPS) is 33.6. The fourth-order valence-corrected chi connectivity index (χ4v) is 2.45. The molecular formula is C7H9N3OS. The number of amides is 1. The Labute approximate surface area is 74.3 Å². The zero-order chi connectivity index (χ0) is 8.72. The molecule has 4 nitrogen and oxygen atoms in total. The van der Waals surface area contributed by atoms with Crippen LogP contribution in [0, 0.1) is 5.92 Å². The van der Waals surface area contributed by atoms with E-state index in [0.29, 0.717) is 0 Å². The molecule has 2 aliphatic heterocycles. The fraction of sp³-hybridized carbons (Fsp3) is 0.429. The van der Waals surface area contributed by atoms with Crippen molar-refractivity contribution in [2.75, 3.05) is 0 Å². The molecule has 0 radical (unpaired) electrons. The minimum absolute atomic E-state index is 0.0289. The number of thioether (sulfide) groups is 1. The average Bonchev–Trinajstić information content (AvgIpc) is 2.29. The third-order valence-corrected chi connectivity index (χ3v) is 3.00. The van der Waals surface area contributed by atoms with Crippen molar-refractivity contribution in [1.29, 1.82) is 0 Å². The molecular weight excluding hydrogens is 174 g/mol. The lowest BCUT2D eigenvalue weighted by Crippen LogP contribution is -2.46. The van der Waals surface area contributed by atoms with Gasteiger partial charge in [-0.15, -0.1) is 11.8 Å². The molecule has 0 aliphatic carbocycles. The number of guanidine groups is 1. The van der Waals surface area contributed by atoms with Crippen molar-refractivity contribution in [1.82, 2.24) is 5.32 Å². The molecule has 64 valence electrons. The highest BCUT2D eigenvalue weighted by molar-refractivity contribution is 8.03. The number of carbonyl (C=O) groups is 1. The lowest BCUT2D eigenvalue weighted by Gasteiger charge is -2.20. The van der Waals surface area contributed by atoms with Crippen LogP contribution in [0.25, 0.3) is 0 Å². The van der Waals surface area contributed by atoms with E-state index in [4.69, 9.17) is 5.73 Å². The van der Waals surface area contributed by atoms with Gasteiger partial charge in [-0.3, -0.25) is 10.1 Å². The van der Waals surface area contributed by atoms with Gasteiger partial charge in [0.05, 0.1) is 5.92 Å². The first-order valence-corrected chi connectivity index (χ1v) is 4.54. The molecule has 0 fully saturated rings. The average molecular weight is 183 g/mol. The van der Waals surface area contributed by atoms with E-state index >= 15 is 0 Å². The van der Waals surface area contributed by atoms with E-state index in [1.807, 2.05) is 13.0 Å². The summed E-state index contributed by atoms with van der Waals surface area (Å²) in [7, 11) is 0. The van der Waals surface area contributed by atoms with E-state index in [2.05, 4.69) is 10.3 Å². The van der Waals surface area contributed by atoms with Gasteiger partial charge in [-0.05, 0) is 11.8 Å². The number of nitrogens with zero attached hydrogens (tertiary/aromatic N) is 1. The monoisotopic (exact) mass is 183 g/mol. The number of carbonyl (C=O) groups excluding carboxylic acids is 1. The summed E-state index contributed by atoms with van der Waals surface area (Å²) < 4.78 is 0. The highest BCUT2D eigenvalue weighted by Crippen LogP contribution is 2.38. The smallest absolute Gasteiger partial charge is 0.236 e. The zero-order valence-corrected chi connectivity index (χ0v) is 7.39. The predicted molar refractivity (Wildman–Crippen MR) is 48.4 cm³/mol. The maximum Gasteiger partial charge on any atom is 0.236 e. The summed E-state index contributed by atoms with van der Waals surface area (Å²) >= 11 is 1.59. The van der Waals surface area contributed by atoms with Crippen LogP contribution >= 0.6 is 11.8 Å². The van der Waals surface area contributed by atoms with Crippen LogP contribution in [0.2, 0.25) is 0 Å². The summed E-state index contributed by atoms with van der Waals surface area (Å²) in [5.74, 6) is 0.0657. The first-order chi connectivity index (χ1) is 5.66. The van der Waals surface area contributed by atoms with Crippen LogP contribution in [0.15, 0.2) is 16.0 Å². The third-order valence-electron chi connectivity index (χ3n) is 1.85. The van der Waals surface area contributed by atoms with Gasteiger partial charge in [0.15, 0.2) is 5.96 Å². The largest absolute Gasteiger partial charge is 0.370 e. The Morgan fingerprint density at radius 2 is 2.50 bits per heavy atom. The molecule has 2 unspecified atom stereocenters. The number of fused-ring (bicyclic) bond motifs is 1. The summed E-state index contributed by atoms with van der Waals surface area (Å²) in [5, 5.41) is 2.47. The highest BCUT2D eigenvalue weighted by Gasteiger charge is 2.35. The molecule has 2 heterocycles. The van der Waals surface area contributed by atoms with Crippen LogP contribution in [0.3, 0.4) is 0 Å². The number of nitrogens with two attached hydrogens (primary N) is 1. The molecule has 2 atom stereocenters. The molecule has 0 saturated heterocycles. The Balaban J connectivity index is 2.30. The number of rotatable bonds is 0. The molecule has 0 aromatic heterocycles. The van der Waals surface area contributed by atoms with E-state index in [1.165, 1.54) is 0 Å². The molecule has 0 bridgehead atoms. The summed E-state index contributed by atoms with van der Waals surface area (Å²) in [6.45, 7) is 1.97. The van der Waals surface area contributed by atoms with Crippen molar-refractivity contribution >= 4 is 23.6 Å². The number of hydrogen-bond donors (Lipinski definition) is 2. The van der Waals surface area contributed by atoms with E-state index < -0.39 is 0 Å². The lowest BCUT2D eigenvalue weighted by atomic mass is 10.1. The molecule has 0 spiro atoms. The van der Waals surface area contributed by atoms with E-state index in [1.54, 1.807) is 11.8 Å². The molecule has 1 amide bonds. The SMILES string of the molecule is CC1=CC2C(=O)NC(N)=NC2S1. The van der Waals surface area contributed by atoms with E-state index in [-0.39, 0.29) is 23.2 Å². The number of aliphatic imine (C=N–C) groups is 1. The van der Waals surface area contributed by atoms with Crippen molar-refractivity contribution < 1.29 is 4.79 Å². The van der Waals surface area contributed by atoms with Crippen LogP contribution < -0.4 is 11.1 Å². The molecule has 12 heavy (non-hydrogen) atoms. The number of hydrogen-bond acceptors (Lipinski definition) is 4. The van der Waals surface area contributed by atoms with Gasteiger partial charge in [-0.2, -0.15) is 0 Å². The minimum atomic E-state index is -0.123. The minimum Gasteiger partial charge on any atom is -0.370 e. The standard InChI is InChI=1S/C7H9N3OS/c1-3-2-4-5(11)9-7(8)10-6(4)12-3/h2,4,6H,1H3,(H3,8,9,10,11). The van der Waals surface area contributed by atoms with E-state index in [0.717, 1.165) is 4.91 Å². The van der Waals surface area contributed by atoms with Crippen LogP contribution in [0.4, 0.5) is 0 Å². The summed E-state index contributed by atoms with van der Waals surface area (Å²) in [6.07, 6.45) is 1.93. The Bertz CT molecular complexity index is 297. The van der Waals surface area contributed by atoms with Gasteiger partial charge in [0.1, 0.15) is 5.37 Å². The highest BCUT2D eigenvalue weighted by atomic mass is 32.2. The second-order valence-electron chi connectivity index (χ2n) is 2.82. The first kappa shape index (κ1) is 7.67. The van der Waals surface area contributed by atoms with Crippen molar-refractivity contribution in [3.05, 3.63) is 11.0 Å². The van der Waals surface area contributed by atoms with Crippen molar-refractivity contribution in [2.45, 2.75) is 12.3 Å². The van der Waals surface area contributed by atoms with Gasteiger partial charge >= 0.3 is 0 Å². The molecule has 0 saturated carbocycles. The second-order valence-corrected chi connectivity index (χ2v) is 4.18. The summed E-state index contributed by atoms with van der Waals surface area (Å²) in [6, 6.07) is 0. The molecule has 2 aliphatic rings. The maximum atomic E-state index is 11.3. The molecule has 0 aromatic carbocycles. The Kier molecular flexibility index (Phi) is 1.61. The van der Waals surface area contributed by atoms with Gasteiger partial charge in [0.2, 0.25) is 5.91 Å². The maximum absolute atomic E-state index is 11.3. The molecule has 2 rings (SSSR count). The predicted octanol–water partition coefficient (Wildman–Crippen LogP) is 0.0238. The quantitative estimate of drug-likeness (QED) is 0.556. The van der Waals surface area contributed by atoms with Crippen LogP contribution in [0.5, 0.6) is 0 Å². The zero-order valence-electron chi connectivity index (χ0n) is 6.57.